The summed E-state index contributed by atoms with van der Waals surface area (Å²) in [7, 11) is 0. The van der Waals surface area contributed by atoms with Gasteiger partial charge in [-0.05, 0) is 12.7 Å². The zero-order valence-corrected chi connectivity index (χ0v) is 11.7. The third kappa shape index (κ3) is 5.56. The molecular weight excluding hydrogens is 274 g/mol. The van der Waals surface area contributed by atoms with Gasteiger partial charge in [-0.2, -0.15) is 0 Å². The number of hydrogen-bond acceptors (Lipinski definition) is 6. The van der Waals surface area contributed by atoms with Crippen molar-refractivity contribution in [3.05, 3.63) is 6.07 Å². The molecule has 108 valence electrons. The average Bonchev–Trinajstić information content (AvgIpc) is 2.42. The minimum atomic E-state index is -3.17. The van der Waals surface area contributed by atoms with E-state index in [9.17, 15) is 8.78 Å². The normalized spacial score (nSPS) is 11.4. The van der Waals surface area contributed by atoms with Crippen LogP contribution in [0.3, 0.4) is 0 Å². The molecule has 0 spiro atoms. The van der Waals surface area contributed by atoms with Crippen LogP contribution in [0.1, 0.15) is 13.3 Å². The molecule has 5 nitrogen and oxygen atoms in total. The van der Waals surface area contributed by atoms with E-state index in [0.717, 1.165) is 13.0 Å². The maximum Gasteiger partial charge on any atom is 0.287 e. The smallest absolute Gasteiger partial charge is 0.287 e. The number of aromatic nitrogens is 2. The Morgan fingerprint density at radius 2 is 1.95 bits per heavy atom. The van der Waals surface area contributed by atoms with Gasteiger partial charge in [0, 0.05) is 12.6 Å². The number of thioether (sulfide) groups is 1. The zero-order valence-electron chi connectivity index (χ0n) is 10.9. The second-order valence-electron chi connectivity index (χ2n) is 3.92. The van der Waals surface area contributed by atoms with Crippen molar-refractivity contribution in [1.29, 1.82) is 0 Å². The van der Waals surface area contributed by atoms with Gasteiger partial charge < -0.3 is 15.7 Å². The molecule has 0 bridgehead atoms. The minimum absolute atomic E-state index is 0.311. The number of aliphatic hydroxyl groups excluding tert-OH is 1. The second-order valence-corrected chi connectivity index (χ2v) is 4.69. The minimum Gasteiger partial charge on any atom is -0.390 e. The van der Waals surface area contributed by atoms with Crippen molar-refractivity contribution in [2.75, 3.05) is 36.6 Å². The molecule has 3 N–H and O–H groups in total. The number of nitrogens with one attached hydrogen (secondary N) is 2. The maximum absolute atomic E-state index is 12.9. The summed E-state index contributed by atoms with van der Waals surface area (Å²) >= 11 is 1.33. The third-order valence-corrected chi connectivity index (χ3v) is 2.75. The van der Waals surface area contributed by atoms with Crippen molar-refractivity contribution in [3.63, 3.8) is 0 Å². The van der Waals surface area contributed by atoms with Crippen LogP contribution in [0, 0.1) is 0 Å². The first kappa shape index (κ1) is 15.9. The van der Waals surface area contributed by atoms with Crippen molar-refractivity contribution in [1.82, 2.24) is 9.97 Å². The largest absolute Gasteiger partial charge is 0.390 e. The Balaban J connectivity index is 2.76. The lowest BCUT2D eigenvalue weighted by Gasteiger charge is -2.15. The van der Waals surface area contributed by atoms with Gasteiger partial charge >= 0.3 is 0 Å². The topological polar surface area (TPSA) is 70.1 Å². The molecule has 0 aliphatic rings. The summed E-state index contributed by atoms with van der Waals surface area (Å²) in [6, 6.07) is 1.57. The molecule has 0 aliphatic heterocycles. The summed E-state index contributed by atoms with van der Waals surface area (Å²) < 4.78 is 25.9. The van der Waals surface area contributed by atoms with Crippen molar-refractivity contribution < 1.29 is 13.9 Å². The molecule has 1 rings (SSSR count). The van der Waals surface area contributed by atoms with Crippen LogP contribution in [0.4, 0.5) is 20.4 Å². The summed E-state index contributed by atoms with van der Waals surface area (Å²) in [5.41, 5.74) is 0. The van der Waals surface area contributed by atoms with Gasteiger partial charge in [-0.3, -0.25) is 0 Å². The molecule has 0 unspecified atom stereocenters. The molecule has 0 radical (unpaired) electrons. The molecule has 0 saturated carbocycles. The summed E-state index contributed by atoms with van der Waals surface area (Å²) in [6.07, 6.45) is 2.75. The fourth-order valence-corrected chi connectivity index (χ4v) is 1.61. The van der Waals surface area contributed by atoms with Crippen LogP contribution in [0.25, 0.3) is 0 Å². The lowest BCUT2D eigenvalue weighted by atomic mass is 10.3. The van der Waals surface area contributed by atoms with Gasteiger partial charge in [-0.25, -0.2) is 18.7 Å². The standard InChI is InChI=1S/C11H18F2N4OS/c1-3-4-14-8-5-9(17-10(16-8)19-2)15-6-11(12,13)7-18/h5,18H,3-4,6-7H2,1-2H3,(H2,14,15,16,17). The fraction of sp³-hybridized carbons (Fsp3) is 0.636. The Kier molecular flexibility index (Phi) is 6.23. The van der Waals surface area contributed by atoms with Crippen LogP contribution in [-0.4, -0.2) is 46.9 Å². The van der Waals surface area contributed by atoms with Crippen molar-refractivity contribution >= 4 is 23.4 Å². The molecular formula is C11H18F2N4OS. The summed E-state index contributed by atoms with van der Waals surface area (Å²) in [6.45, 7) is 0.907. The highest BCUT2D eigenvalue weighted by Gasteiger charge is 2.27. The van der Waals surface area contributed by atoms with Gasteiger partial charge in [-0.15, -0.1) is 0 Å². The third-order valence-electron chi connectivity index (χ3n) is 2.20. The molecule has 1 heterocycles. The molecule has 0 aliphatic carbocycles. The monoisotopic (exact) mass is 292 g/mol. The molecule has 0 fully saturated rings. The number of halogens is 2. The van der Waals surface area contributed by atoms with Gasteiger partial charge in [0.25, 0.3) is 5.92 Å². The van der Waals surface area contributed by atoms with E-state index in [0.29, 0.717) is 16.8 Å². The number of rotatable bonds is 8. The predicted molar refractivity (Wildman–Crippen MR) is 73.1 cm³/mol. The number of aliphatic hydroxyl groups is 1. The Bertz CT molecular complexity index is 406. The van der Waals surface area contributed by atoms with E-state index < -0.39 is 19.1 Å². The first-order valence-corrected chi connectivity index (χ1v) is 7.12. The van der Waals surface area contributed by atoms with E-state index >= 15 is 0 Å². The number of anilines is 2. The van der Waals surface area contributed by atoms with Crippen LogP contribution in [0.15, 0.2) is 11.2 Å². The van der Waals surface area contributed by atoms with E-state index in [1.807, 2.05) is 13.2 Å². The molecule has 1 aromatic rings. The fourth-order valence-electron chi connectivity index (χ4n) is 1.23. The second kappa shape index (κ2) is 7.44. The number of nitrogens with zero attached hydrogens (tertiary/aromatic N) is 2. The van der Waals surface area contributed by atoms with Crippen LogP contribution in [0.2, 0.25) is 0 Å². The van der Waals surface area contributed by atoms with E-state index in [1.165, 1.54) is 11.8 Å². The molecule has 19 heavy (non-hydrogen) atoms. The van der Waals surface area contributed by atoms with Crippen LogP contribution in [0.5, 0.6) is 0 Å². The lowest BCUT2D eigenvalue weighted by molar-refractivity contribution is -0.0373. The highest BCUT2D eigenvalue weighted by molar-refractivity contribution is 7.98. The predicted octanol–water partition coefficient (Wildman–Crippen LogP) is 2.06. The first-order chi connectivity index (χ1) is 9.00. The molecule has 0 saturated heterocycles. The van der Waals surface area contributed by atoms with Gasteiger partial charge in [-0.1, -0.05) is 18.7 Å². The molecule has 0 aromatic carbocycles. The maximum atomic E-state index is 12.9. The Hall–Kier alpha value is -1.15. The highest BCUT2D eigenvalue weighted by atomic mass is 32.2. The van der Waals surface area contributed by atoms with Crippen molar-refractivity contribution in [2.24, 2.45) is 0 Å². The van der Waals surface area contributed by atoms with Crippen LogP contribution >= 0.6 is 11.8 Å². The van der Waals surface area contributed by atoms with E-state index in [2.05, 4.69) is 20.6 Å². The average molecular weight is 292 g/mol. The van der Waals surface area contributed by atoms with Gasteiger partial charge in [0.05, 0.1) is 6.54 Å². The van der Waals surface area contributed by atoms with E-state index in [-0.39, 0.29) is 0 Å². The quantitative estimate of drug-likeness (QED) is 0.503. The van der Waals surface area contributed by atoms with Gasteiger partial charge in [0.15, 0.2) is 5.16 Å². The van der Waals surface area contributed by atoms with Gasteiger partial charge in [0.1, 0.15) is 18.2 Å². The highest BCUT2D eigenvalue weighted by Crippen LogP contribution is 2.19. The van der Waals surface area contributed by atoms with E-state index in [1.54, 1.807) is 6.07 Å². The van der Waals surface area contributed by atoms with Crippen LogP contribution < -0.4 is 10.6 Å². The van der Waals surface area contributed by atoms with Gasteiger partial charge in [0.2, 0.25) is 0 Å². The number of hydrogen-bond donors (Lipinski definition) is 3. The van der Waals surface area contributed by atoms with Crippen LogP contribution in [-0.2, 0) is 0 Å². The summed E-state index contributed by atoms with van der Waals surface area (Å²) in [5.74, 6) is -2.26. The Morgan fingerprint density at radius 3 is 2.47 bits per heavy atom. The molecule has 1 aromatic heterocycles. The SMILES string of the molecule is CCCNc1cc(NCC(F)(F)CO)nc(SC)n1. The zero-order chi connectivity index (χ0) is 14.3. The van der Waals surface area contributed by atoms with Crippen molar-refractivity contribution in [3.8, 4) is 0 Å². The lowest BCUT2D eigenvalue weighted by Crippen LogP contribution is -2.31. The Morgan fingerprint density at radius 1 is 1.32 bits per heavy atom. The van der Waals surface area contributed by atoms with E-state index in [4.69, 9.17) is 5.11 Å². The Labute approximate surface area is 115 Å². The summed E-state index contributed by atoms with van der Waals surface area (Å²) in [4.78, 5) is 8.30. The first-order valence-electron chi connectivity index (χ1n) is 5.90. The van der Waals surface area contributed by atoms with Crippen molar-refractivity contribution in [2.45, 2.75) is 24.4 Å². The molecule has 0 amide bonds. The molecule has 8 heteroatoms. The number of alkyl halides is 2. The molecule has 0 atom stereocenters. The summed E-state index contributed by atoms with van der Waals surface area (Å²) in [5, 5.41) is 14.6.